The summed E-state index contributed by atoms with van der Waals surface area (Å²) in [5.74, 6) is -2.61. The monoisotopic (exact) mass is 633 g/mol. The number of fused-ring (bicyclic) bond motifs is 2. The van der Waals surface area contributed by atoms with E-state index < -0.39 is 23.6 Å². The van der Waals surface area contributed by atoms with Crippen molar-refractivity contribution in [2.24, 2.45) is 0 Å². The van der Waals surface area contributed by atoms with E-state index in [4.69, 9.17) is 5.10 Å². The largest absolute Gasteiger partial charge is 0.468 e. The standard InChI is InChI=1S/C31H33FN8O6/c1-33-25(41)6-7-28(44)40-10-8-18(9-11-40)31-30-20(21-13-24-19(12-22(21)32)14-36-39(24)40)4-3-5-23(30)38(37-31)17-27(43)34-15-26(42)35-16-29(45)46-2/h3-5,12-14,18H,6-11,15-17H2,1-2H3,(H2-,33,34,35,41,42,43)/p+1. The molecule has 14 nitrogen and oxygen atoms in total. The van der Waals surface area contributed by atoms with Crippen LogP contribution in [0.2, 0.25) is 0 Å². The van der Waals surface area contributed by atoms with Gasteiger partial charge >= 0.3 is 11.9 Å². The Hall–Kier alpha value is -5.18. The summed E-state index contributed by atoms with van der Waals surface area (Å²) in [6.07, 6.45) is 2.74. The summed E-state index contributed by atoms with van der Waals surface area (Å²) in [4.78, 5) is 63.9. The number of carbonyl (C=O) groups excluding carboxylic acids is 5. The number of hydrogen-bond donors (Lipinski definition) is 3. The number of carbonyl (C=O) groups is 5. The average Bonchev–Trinajstić information content (AvgIpc) is 3.65. The van der Waals surface area contributed by atoms with E-state index in [0.29, 0.717) is 64.6 Å². The fraction of sp³-hybridized carbons (Fsp3) is 0.387. The summed E-state index contributed by atoms with van der Waals surface area (Å²) in [6, 6.07) is 8.52. The Kier molecular flexibility index (Phi) is 8.25. The second-order valence-electron chi connectivity index (χ2n) is 11.5. The molecule has 0 radical (unpaired) electrons. The van der Waals surface area contributed by atoms with Gasteiger partial charge in [-0.25, -0.2) is 9.18 Å². The highest BCUT2D eigenvalue weighted by Gasteiger charge is 2.46. The molecule has 4 amide bonds. The first kappa shape index (κ1) is 30.8. The van der Waals surface area contributed by atoms with Crippen LogP contribution in [-0.2, 0) is 35.3 Å². The van der Waals surface area contributed by atoms with Crippen molar-refractivity contribution in [3.8, 4) is 11.1 Å². The number of benzene rings is 2. The molecule has 0 atom stereocenters. The molecule has 7 rings (SSSR count). The molecule has 1 fully saturated rings. The minimum Gasteiger partial charge on any atom is -0.468 e. The lowest BCUT2D eigenvalue weighted by Gasteiger charge is -2.39. The van der Waals surface area contributed by atoms with Crippen LogP contribution >= 0.6 is 0 Å². The Bertz CT molecular complexity index is 1890. The number of quaternary nitrogens is 1. The zero-order valence-corrected chi connectivity index (χ0v) is 25.5. The van der Waals surface area contributed by atoms with E-state index in [1.807, 2.05) is 12.1 Å². The van der Waals surface area contributed by atoms with E-state index in [9.17, 15) is 24.0 Å². The number of amides is 4. The van der Waals surface area contributed by atoms with Crippen LogP contribution in [0.4, 0.5) is 4.39 Å². The van der Waals surface area contributed by atoms with Gasteiger partial charge in [0.2, 0.25) is 17.7 Å². The number of ether oxygens (including phenoxy) is 1. The first-order valence-corrected chi connectivity index (χ1v) is 15.0. The van der Waals surface area contributed by atoms with Gasteiger partial charge in [-0.1, -0.05) is 16.9 Å². The molecule has 0 unspecified atom stereocenters. The second-order valence-corrected chi connectivity index (χ2v) is 11.5. The van der Waals surface area contributed by atoms with Crippen molar-refractivity contribution in [3.05, 3.63) is 48.0 Å². The van der Waals surface area contributed by atoms with Crippen molar-refractivity contribution in [3.63, 3.8) is 0 Å². The van der Waals surface area contributed by atoms with Crippen LogP contribution in [0.1, 0.15) is 37.3 Å². The van der Waals surface area contributed by atoms with Gasteiger partial charge in [-0.3, -0.25) is 23.9 Å². The van der Waals surface area contributed by atoms with Crippen molar-refractivity contribution in [1.29, 1.82) is 0 Å². The average molecular weight is 634 g/mol. The summed E-state index contributed by atoms with van der Waals surface area (Å²) < 4.78 is 21.7. The highest BCUT2D eigenvalue weighted by Crippen LogP contribution is 2.42. The normalized spacial score (nSPS) is 18.3. The van der Waals surface area contributed by atoms with Gasteiger partial charge in [0.25, 0.3) is 0 Å². The molecule has 4 aromatic rings. The van der Waals surface area contributed by atoms with Gasteiger partial charge in [-0.05, 0) is 23.8 Å². The Labute approximate surface area is 262 Å². The van der Waals surface area contributed by atoms with Crippen molar-refractivity contribution in [2.45, 2.75) is 38.1 Å². The van der Waals surface area contributed by atoms with Crippen LogP contribution < -0.4 is 20.5 Å². The molecule has 46 heavy (non-hydrogen) atoms. The number of nitrogens with zero attached hydrogens (tertiary/aromatic N) is 5. The SMILES string of the molecule is CNC(=O)CCC(=O)[N+]12CCC(CC1)c1nn(CC(=O)NCC(=O)NCC(=O)OC)c3cccc(c13)-c1cc3c(cnn32)cc1F. The number of methoxy groups -OCH3 is 1. The molecule has 240 valence electrons. The Morgan fingerprint density at radius 1 is 0.978 bits per heavy atom. The van der Waals surface area contributed by atoms with E-state index in [2.05, 4.69) is 25.8 Å². The Balaban J connectivity index is 1.38. The van der Waals surface area contributed by atoms with E-state index in [1.165, 1.54) is 20.2 Å². The van der Waals surface area contributed by atoms with E-state index in [1.54, 1.807) is 27.8 Å². The van der Waals surface area contributed by atoms with Crippen LogP contribution in [0.3, 0.4) is 0 Å². The van der Waals surface area contributed by atoms with Crippen molar-refractivity contribution in [1.82, 2.24) is 40.2 Å². The van der Waals surface area contributed by atoms with E-state index in [-0.39, 0.29) is 54.8 Å². The maximum atomic E-state index is 15.8. The maximum absolute atomic E-state index is 15.8. The van der Waals surface area contributed by atoms with Gasteiger partial charge in [0.05, 0.1) is 37.5 Å². The number of esters is 1. The second kappa shape index (κ2) is 12.3. The maximum Gasteiger partial charge on any atom is 0.340 e. The topological polar surface area (TPSA) is 166 Å². The minimum absolute atomic E-state index is 0.0225. The Morgan fingerprint density at radius 2 is 1.74 bits per heavy atom. The van der Waals surface area contributed by atoms with Crippen molar-refractivity contribution >= 4 is 51.4 Å². The van der Waals surface area contributed by atoms with Gasteiger partial charge in [0.1, 0.15) is 37.5 Å². The molecule has 5 heterocycles. The lowest BCUT2D eigenvalue weighted by atomic mass is 9.88. The third-order valence-electron chi connectivity index (χ3n) is 8.88. The van der Waals surface area contributed by atoms with Gasteiger partial charge in [-0.2, -0.15) is 5.10 Å². The minimum atomic E-state index is -0.613. The molecule has 3 N–H and O–H groups in total. The number of piperidine rings is 1. The van der Waals surface area contributed by atoms with Crippen molar-refractivity contribution in [2.75, 3.05) is 40.3 Å². The smallest absolute Gasteiger partial charge is 0.340 e. The molecule has 4 bridgehead atoms. The fourth-order valence-electron chi connectivity index (χ4n) is 6.48. The number of halogens is 1. The lowest BCUT2D eigenvalue weighted by molar-refractivity contribution is -0.142. The Morgan fingerprint density at radius 3 is 2.48 bits per heavy atom. The lowest BCUT2D eigenvalue weighted by Crippen LogP contribution is -2.65. The molecule has 3 aliphatic heterocycles. The predicted octanol–water partition coefficient (Wildman–Crippen LogP) is 0.980. The number of hydrogen-bond acceptors (Lipinski definition) is 8. The summed E-state index contributed by atoms with van der Waals surface area (Å²) in [6.45, 7) is -0.0893. The van der Waals surface area contributed by atoms with Crippen LogP contribution in [0.25, 0.3) is 32.9 Å². The number of nitrogens with one attached hydrogen (secondary N) is 3. The molecule has 0 spiro atoms. The van der Waals surface area contributed by atoms with Crippen LogP contribution in [-0.4, -0.2) is 89.6 Å². The zero-order chi connectivity index (χ0) is 32.6. The third-order valence-corrected chi connectivity index (χ3v) is 8.88. The quantitative estimate of drug-likeness (QED) is 0.181. The first-order chi connectivity index (χ1) is 22.1. The summed E-state index contributed by atoms with van der Waals surface area (Å²) in [5.41, 5.74) is 2.83. The van der Waals surface area contributed by atoms with Crippen LogP contribution in [0, 0.1) is 5.82 Å². The molecule has 1 saturated heterocycles. The molecule has 0 saturated carbocycles. The van der Waals surface area contributed by atoms with E-state index in [0.717, 1.165) is 0 Å². The number of aromatic nitrogens is 4. The highest BCUT2D eigenvalue weighted by molar-refractivity contribution is 6.00. The molecule has 2 aromatic heterocycles. The van der Waals surface area contributed by atoms with E-state index >= 15 is 4.39 Å². The third kappa shape index (κ3) is 5.46. The molecule has 15 heteroatoms. The summed E-state index contributed by atoms with van der Waals surface area (Å²) >= 11 is 0. The molecular weight excluding hydrogens is 599 g/mol. The van der Waals surface area contributed by atoms with Gasteiger partial charge in [0, 0.05) is 48.6 Å². The van der Waals surface area contributed by atoms with Gasteiger partial charge < -0.3 is 20.7 Å². The number of rotatable bonds is 9. The molecule has 2 aromatic carbocycles. The van der Waals surface area contributed by atoms with Gasteiger partial charge in [0.15, 0.2) is 0 Å². The van der Waals surface area contributed by atoms with Crippen molar-refractivity contribution < 1.29 is 33.1 Å². The van der Waals surface area contributed by atoms with Gasteiger partial charge in [-0.15, -0.1) is 9.69 Å². The molecular formula is C31H34FN8O6+. The predicted molar refractivity (Wildman–Crippen MR) is 164 cm³/mol. The van der Waals surface area contributed by atoms with Crippen LogP contribution in [0.5, 0.6) is 0 Å². The van der Waals surface area contributed by atoms with Crippen LogP contribution in [0.15, 0.2) is 36.5 Å². The summed E-state index contributed by atoms with van der Waals surface area (Å²) in [7, 11) is 2.73. The highest BCUT2D eigenvalue weighted by atomic mass is 19.1. The fourth-order valence-corrected chi connectivity index (χ4v) is 6.48. The molecule has 3 aliphatic rings. The molecule has 0 aliphatic carbocycles. The first-order valence-electron chi connectivity index (χ1n) is 15.0. The summed E-state index contributed by atoms with van der Waals surface area (Å²) in [5, 5.41) is 18.2. The zero-order valence-electron chi connectivity index (χ0n) is 25.5.